The molecule has 2 aliphatic rings. The highest BCUT2D eigenvalue weighted by Gasteiger charge is 2.15. The van der Waals surface area contributed by atoms with E-state index in [1.807, 2.05) is 0 Å². The third-order valence-electron chi connectivity index (χ3n) is 4.99. The number of nitrogens with zero attached hydrogens (tertiary/aromatic N) is 1. The van der Waals surface area contributed by atoms with Crippen LogP contribution < -0.4 is 10.6 Å². The van der Waals surface area contributed by atoms with Gasteiger partial charge < -0.3 is 20.1 Å². The fourth-order valence-electron chi connectivity index (χ4n) is 3.56. The maximum atomic E-state index is 5.72. The Morgan fingerprint density at radius 2 is 1.96 bits per heavy atom. The highest BCUT2D eigenvalue weighted by Crippen LogP contribution is 2.28. The lowest BCUT2D eigenvalue weighted by atomic mass is 10.0. The molecule has 1 atom stereocenters. The van der Waals surface area contributed by atoms with Crippen molar-refractivity contribution >= 4 is 29.9 Å². The summed E-state index contributed by atoms with van der Waals surface area (Å²) in [7, 11) is 0. The molecule has 1 heterocycles. The summed E-state index contributed by atoms with van der Waals surface area (Å²) in [6, 6.07) is 0. The van der Waals surface area contributed by atoms with Gasteiger partial charge in [-0.15, -0.1) is 24.0 Å². The second-order valence-corrected chi connectivity index (χ2v) is 7.14. The van der Waals surface area contributed by atoms with Gasteiger partial charge in [-0.3, -0.25) is 4.99 Å². The molecule has 1 saturated heterocycles. The van der Waals surface area contributed by atoms with Crippen LogP contribution in [0, 0.1) is 11.8 Å². The smallest absolute Gasteiger partial charge is 0.191 e. The third kappa shape index (κ3) is 10.6. The van der Waals surface area contributed by atoms with E-state index in [1.165, 1.54) is 38.5 Å². The predicted molar refractivity (Wildman–Crippen MR) is 115 cm³/mol. The van der Waals surface area contributed by atoms with E-state index >= 15 is 0 Å². The van der Waals surface area contributed by atoms with Gasteiger partial charge in [-0.2, -0.15) is 0 Å². The predicted octanol–water partition coefficient (Wildman–Crippen LogP) is 3.57. The fourth-order valence-corrected chi connectivity index (χ4v) is 3.56. The van der Waals surface area contributed by atoms with Crippen LogP contribution in [0.3, 0.4) is 0 Å². The Labute approximate surface area is 171 Å². The van der Waals surface area contributed by atoms with Gasteiger partial charge in [0.1, 0.15) is 0 Å². The molecular weight excluding hydrogens is 429 g/mol. The summed E-state index contributed by atoms with van der Waals surface area (Å²) in [5, 5.41) is 6.79. The Bertz CT molecular complexity index is 344. The normalized spacial score (nSPS) is 21.3. The minimum atomic E-state index is 0. The zero-order valence-corrected chi connectivity index (χ0v) is 18.3. The van der Waals surface area contributed by atoms with Gasteiger partial charge in [0.25, 0.3) is 0 Å². The number of aliphatic imine (C=N–C) groups is 1. The van der Waals surface area contributed by atoms with Crippen molar-refractivity contribution in [2.24, 2.45) is 16.8 Å². The van der Waals surface area contributed by atoms with Gasteiger partial charge in [0, 0.05) is 38.8 Å². The fraction of sp³-hybridized carbons (Fsp3) is 0.947. The number of rotatable bonds is 11. The van der Waals surface area contributed by atoms with E-state index in [-0.39, 0.29) is 24.0 Å². The van der Waals surface area contributed by atoms with Gasteiger partial charge in [0.2, 0.25) is 0 Å². The summed E-state index contributed by atoms with van der Waals surface area (Å²) in [4.78, 5) is 4.64. The van der Waals surface area contributed by atoms with Crippen LogP contribution in [0.2, 0.25) is 0 Å². The summed E-state index contributed by atoms with van der Waals surface area (Å²) in [6.45, 7) is 8.27. The molecular formula is C19H38IN3O2. The summed E-state index contributed by atoms with van der Waals surface area (Å²) >= 11 is 0. The van der Waals surface area contributed by atoms with Gasteiger partial charge in [0.05, 0.1) is 13.2 Å². The molecule has 2 N–H and O–H groups in total. The molecule has 0 bridgehead atoms. The zero-order valence-electron chi connectivity index (χ0n) is 15.9. The molecule has 25 heavy (non-hydrogen) atoms. The van der Waals surface area contributed by atoms with Crippen molar-refractivity contribution in [3.8, 4) is 0 Å². The summed E-state index contributed by atoms with van der Waals surface area (Å²) in [6.07, 6.45) is 10.5. The minimum absolute atomic E-state index is 0. The number of hydrogen-bond donors (Lipinski definition) is 2. The van der Waals surface area contributed by atoms with Gasteiger partial charge in [-0.1, -0.05) is 25.7 Å². The summed E-state index contributed by atoms with van der Waals surface area (Å²) < 4.78 is 11.1. The van der Waals surface area contributed by atoms with E-state index in [1.54, 1.807) is 0 Å². The van der Waals surface area contributed by atoms with E-state index in [0.717, 1.165) is 70.8 Å². The number of halogens is 1. The first-order valence-electron chi connectivity index (χ1n) is 10.1. The van der Waals surface area contributed by atoms with E-state index in [2.05, 4.69) is 22.5 Å². The van der Waals surface area contributed by atoms with Crippen LogP contribution in [-0.4, -0.2) is 52.0 Å². The lowest BCUT2D eigenvalue weighted by Gasteiger charge is -2.13. The van der Waals surface area contributed by atoms with Crippen LogP contribution in [-0.2, 0) is 9.47 Å². The number of nitrogens with one attached hydrogen (secondary N) is 2. The molecule has 0 aromatic rings. The average molecular weight is 467 g/mol. The first-order valence-corrected chi connectivity index (χ1v) is 10.1. The minimum Gasteiger partial charge on any atom is -0.381 e. The molecule has 6 heteroatoms. The van der Waals surface area contributed by atoms with Gasteiger partial charge in [0.15, 0.2) is 5.96 Å². The van der Waals surface area contributed by atoms with Crippen molar-refractivity contribution in [2.45, 2.75) is 58.3 Å². The van der Waals surface area contributed by atoms with E-state index < -0.39 is 0 Å². The monoisotopic (exact) mass is 467 g/mol. The highest BCUT2D eigenvalue weighted by atomic mass is 127. The second-order valence-electron chi connectivity index (χ2n) is 7.14. The highest BCUT2D eigenvalue weighted by molar-refractivity contribution is 14.0. The van der Waals surface area contributed by atoms with Crippen molar-refractivity contribution in [3.63, 3.8) is 0 Å². The lowest BCUT2D eigenvalue weighted by molar-refractivity contribution is 0.0893. The third-order valence-corrected chi connectivity index (χ3v) is 4.99. The Kier molecular flexibility index (Phi) is 13.8. The van der Waals surface area contributed by atoms with Crippen molar-refractivity contribution in [2.75, 3.05) is 46.1 Å². The van der Waals surface area contributed by atoms with E-state index in [9.17, 15) is 0 Å². The van der Waals surface area contributed by atoms with E-state index in [4.69, 9.17) is 9.47 Å². The summed E-state index contributed by atoms with van der Waals surface area (Å²) in [5.41, 5.74) is 0. The molecule has 1 unspecified atom stereocenters. The van der Waals surface area contributed by atoms with E-state index in [0.29, 0.717) is 5.92 Å². The first kappa shape index (κ1) is 23.0. The molecule has 2 fully saturated rings. The molecule has 0 radical (unpaired) electrons. The van der Waals surface area contributed by atoms with Gasteiger partial charge in [-0.05, 0) is 38.5 Å². The van der Waals surface area contributed by atoms with Crippen LogP contribution in [0.5, 0.6) is 0 Å². The molecule has 148 valence electrons. The molecule has 0 aromatic carbocycles. The Morgan fingerprint density at radius 3 is 2.68 bits per heavy atom. The largest absolute Gasteiger partial charge is 0.381 e. The molecule has 0 amide bonds. The van der Waals surface area contributed by atoms with Crippen LogP contribution in [0.15, 0.2) is 4.99 Å². The molecule has 1 saturated carbocycles. The zero-order chi connectivity index (χ0) is 16.9. The SMILES string of the molecule is CCNC(=NCCCOCC1CCOC1)NCCCC1CCCC1.I. The molecule has 5 nitrogen and oxygen atoms in total. The Morgan fingerprint density at radius 1 is 1.12 bits per heavy atom. The first-order chi connectivity index (χ1) is 11.9. The topological polar surface area (TPSA) is 54.9 Å². The molecule has 1 aliphatic carbocycles. The Hall–Kier alpha value is -0.0800. The molecule has 0 spiro atoms. The van der Waals surface area contributed by atoms with Crippen molar-refractivity contribution in [3.05, 3.63) is 0 Å². The van der Waals surface area contributed by atoms with Crippen molar-refractivity contribution in [1.82, 2.24) is 10.6 Å². The van der Waals surface area contributed by atoms with Gasteiger partial charge in [-0.25, -0.2) is 0 Å². The second kappa shape index (κ2) is 15.0. The maximum absolute atomic E-state index is 5.72. The molecule has 1 aliphatic heterocycles. The standard InChI is InChI=1S/C19H37N3O2.HI/c1-2-20-19(21-11-5-9-17-7-3-4-8-17)22-12-6-13-23-15-18-10-14-24-16-18;/h17-18H,2-16H2,1H3,(H2,20,21,22);1H. The van der Waals surface area contributed by atoms with Crippen LogP contribution in [0.25, 0.3) is 0 Å². The lowest BCUT2D eigenvalue weighted by Crippen LogP contribution is -2.38. The van der Waals surface area contributed by atoms with Crippen molar-refractivity contribution in [1.29, 1.82) is 0 Å². The molecule has 2 rings (SSSR count). The van der Waals surface area contributed by atoms with Crippen molar-refractivity contribution < 1.29 is 9.47 Å². The summed E-state index contributed by atoms with van der Waals surface area (Å²) in [5.74, 6) is 2.54. The Balaban J connectivity index is 0.00000312. The van der Waals surface area contributed by atoms with Crippen LogP contribution in [0.4, 0.5) is 0 Å². The molecule has 0 aromatic heterocycles. The number of guanidine groups is 1. The average Bonchev–Trinajstić information content (AvgIpc) is 3.28. The number of ether oxygens (including phenoxy) is 2. The maximum Gasteiger partial charge on any atom is 0.191 e. The van der Waals surface area contributed by atoms with Gasteiger partial charge >= 0.3 is 0 Å². The van der Waals surface area contributed by atoms with Crippen LogP contribution in [0.1, 0.15) is 58.3 Å². The van der Waals surface area contributed by atoms with Crippen LogP contribution >= 0.6 is 24.0 Å². The quantitative estimate of drug-likeness (QED) is 0.211. The number of hydrogen-bond acceptors (Lipinski definition) is 3.